The fourth-order valence-electron chi connectivity index (χ4n) is 1.45. The minimum absolute atomic E-state index is 0.0977. The largest absolute Gasteiger partial charge is 0.368 e. The number of carbonyl (C=O) groups is 1. The average molecular weight is 286 g/mol. The topological polar surface area (TPSA) is 63.8 Å². The first-order valence-electron chi connectivity index (χ1n) is 4.24. The highest BCUT2D eigenvalue weighted by Gasteiger charge is 2.06. The van der Waals surface area contributed by atoms with E-state index in [4.69, 9.17) is 18.0 Å². The van der Waals surface area contributed by atoms with E-state index < -0.39 is 5.91 Å². The van der Waals surface area contributed by atoms with Gasteiger partial charge in [-0.2, -0.15) is 0 Å². The van der Waals surface area contributed by atoms with Gasteiger partial charge in [-0.1, -0.05) is 15.9 Å². The molecule has 3 N–H and O–H groups in total. The highest BCUT2D eigenvalue weighted by molar-refractivity contribution is 9.10. The van der Waals surface area contributed by atoms with Crippen LogP contribution in [-0.4, -0.2) is 15.5 Å². The molecule has 0 aliphatic carbocycles. The molecule has 0 spiro atoms. The Bertz CT molecular complexity index is 587. The number of primary amides is 1. The van der Waals surface area contributed by atoms with Gasteiger partial charge in [0.2, 0.25) is 5.91 Å². The molecule has 1 amide bonds. The van der Waals surface area contributed by atoms with E-state index >= 15 is 0 Å². The molecule has 0 unspecified atom stereocenters. The van der Waals surface area contributed by atoms with Crippen molar-refractivity contribution in [2.45, 2.75) is 6.54 Å². The Labute approximate surface area is 99.2 Å². The number of rotatable bonds is 2. The van der Waals surface area contributed by atoms with Gasteiger partial charge in [0.25, 0.3) is 0 Å². The number of H-pyrrole nitrogens is 1. The fourth-order valence-corrected chi connectivity index (χ4v) is 2.08. The number of aromatic nitrogens is 2. The van der Waals surface area contributed by atoms with Crippen molar-refractivity contribution in [1.82, 2.24) is 9.55 Å². The van der Waals surface area contributed by atoms with Gasteiger partial charge in [-0.15, -0.1) is 0 Å². The van der Waals surface area contributed by atoms with Crippen molar-refractivity contribution in [3.8, 4) is 0 Å². The van der Waals surface area contributed by atoms with Gasteiger partial charge in [0.15, 0.2) is 4.77 Å². The lowest BCUT2D eigenvalue weighted by Crippen LogP contribution is -2.18. The van der Waals surface area contributed by atoms with Crippen molar-refractivity contribution >= 4 is 45.1 Å². The van der Waals surface area contributed by atoms with Crippen LogP contribution in [0.4, 0.5) is 0 Å². The second-order valence-electron chi connectivity index (χ2n) is 3.14. The first-order valence-corrected chi connectivity index (χ1v) is 5.44. The van der Waals surface area contributed by atoms with Crippen LogP contribution in [0.2, 0.25) is 0 Å². The molecular weight excluding hydrogens is 278 g/mol. The van der Waals surface area contributed by atoms with Gasteiger partial charge in [-0.05, 0) is 30.4 Å². The lowest BCUT2D eigenvalue weighted by Gasteiger charge is -2.00. The number of hydrogen-bond acceptors (Lipinski definition) is 2. The molecule has 0 bridgehead atoms. The highest BCUT2D eigenvalue weighted by Crippen LogP contribution is 2.19. The second-order valence-corrected chi connectivity index (χ2v) is 4.45. The molecule has 2 rings (SSSR count). The summed E-state index contributed by atoms with van der Waals surface area (Å²) >= 11 is 8.46. The SMILES string of the molecule is NC(=O)Cn1c(=S)[nH]c2cc(Br)ccc21. The van der Waals surface area contributed by atoms with Crippen LogP contribution in [-0.2, 0) is 11.3 Å². The van der Waals surface area contributed by atoms with E-state index in [1.165, 1.54) is 0 Å². The maximum Gasteiger partial charge on any atom is 0.237 e. The maximum absolute atomic E-state index is 10.9. The van der Waals surface area contributed by atoms with Gasteiger partial charge in [-0.25, -0.2) is 0 Å². The molecule has 1 aromatic carbocycles. The molecule has 0 radical (unpaired) electrons. The number of nitrogens with two attached hydrogens (primary N) is 1. The molecule has 0 aliphatic heterocycles. The molecule has 0 atom stereocenters. The van der Waals surface area contributed by atoms with Crippen LogP contribution >= 0.6 is 28.1 Å². The summed E-state index contributed by atoms with van der Waals surface area (Å²) in [6.45, 7) is 0.0977. The molecule has 6 heteroatoms. The van der Waals surface area contributed by atoms with Crippen LogP contribution in [0, 0.1) is 4.77 Å². The summed E-state index contributed by atoms with van der Waals surface area (Å²) in [5.41, 5.74) is 6.91. The summed E-state index contributed by atoms with van der Waals surface area (Å²) in [6.07, 6.45) is 0. The minimum atomic E-state index is -0.407. The first kappa shape index (κ1) is 10.4. The van der Waals surface area contributed by atoms with Gasteiger partial charge in [0.05, 0.1) is 11.0 Å². The minimum Gasteiger partial charge on any atom is -0.368 e. The van der Waals surface area contributed by atoms with Crippen LogP contribution in [0.15, 0.2) is 22.7 Å². The van der Waals surface area contributed by atoms with E-state index in [0.29, 0.717) is 4.77 Å². The molecule has 1 aromatic heterocycles. The number of fused-ring (bicyclic) bond motifs is 1. The summed E-state index contributed by atoms with van der Waals surface area (Å²) in [7, 11) is 0. The van der Waals surface area contributed by atoms with E-state index in [2.05, 4.69) is 20.9 Å². The molecule has 0 fully saturated rings. The zero-order valence-corrected chi connectivity index (χ0v) is 10.1. The Balaban J connectivity index is 2.68. The standard InChI is InChI=1S/C9H8BrN3OS/c10-5-1-2-7-6(3-5)12-9(15)13(7)4-8(11)14/h1-3H,4H2,(H2,11,14)(H,12,15). The van der Waals surface area contributed by atoms with Crippen LogP contribution < -0.4 is 5.73 Å². The van der Waals surface area contributed by atoms with Gasteiger partial charge in [0, 0.05) is 4.47 Å². The van der Waals surface area contributed by atoms with Crippen LogP contribution in [0.1, 0.15) is 0 Å². The molecule has 1 heterocycles. The van der Waals surface area contributed by atoms with E-state index in [9.17, 15) is 4.79 Å². The quantitative estimate of drug-likeness (QED) is 0.829. The molecule has 78 valence electrons. The summed E-state index contributed by atoms with van der Waals surface area (Å²) in [5.74, 6) is -0.407. The lowest BCUT2D eigenvalue weighted by molar-refractivity contribution is -0.118. The van der Waals surface area contributed by atoms with Crippen LogP contribution in [0.3, 0.4) is 0 Å². The average Bonchev–Trinajstić information content (AvgIpc) is 2.41. The molecule has 0 saturated carbocycles. The Morgan fingerprint density at radius 3 is 3.00 bits per heavy atom. The molecular formula is C9H8BrN3OS. The third-order valence-corrected chi connectivity index (χ3v) is 2.87. The van der Waals surface area contributed by atoms with Gasteiger partial charge < -0.3 is 15.3 Å². The van der Waals surface area contributed by atoms with Crippen molar-refractivity contribution in [3.63, 3.8) is 0 Å². The third kappa shape index (κ3) is 1.95. The number of nitrogens with one attached hydrogen (secondary N) is 1. The molecule has 0 saturated heterocycles. The number of amides is 1. The van der Waals surface area contributed by atoms with E-state index in [1.807, 2.05) is 18.2 Å². The van der Waals surface area contributed by atoms with Crippen molar-refractivity contribution < 1.29 is 4.79 Å². The highest BCUT2D eigenvalue weighted by atomic mass is 79.9. The summed E-state index contributed by atoms with van der Waals surface area (Å²) < 4.78 is 3.14. The van der Waals surface area contributed by atoms with Crippen molar-refractivity contribution in [1.29, 1.82) is 0 Å². The lowest BCUT2D eigenvalue weighted by atomic mass is 10.3. The second kappa shape index (κ2) is 3.79. The number of aromatic amines is 1. The van der Waals surface area contributed by atoms with E-state index in [-0.39, 0.29) is 6.54 Å². The summed E-state index contributed by atoms with van der Waals surface area (Å²) in [5, 5.41) is 0. The smallest absolute Gasteiger partial charge is 0.237 e. The number of nitrogens with zero attached hydrogens (tertiary/aromatic N) is 1. The van der Waals surface area contributed by atoms with Crippen molar-refractivity contribution in [2.24, 2.45) is 5.73 Å². The molecule has 15 heavy (non-hydrogen) atoms. The van der Waals surface area contributed by atoms with Gasteiger partial charge in [0.1, 0.15) is 6.54 Å². The fraction of sp³-hybridized carbons (Fsp3) is 0.111. The van der Waals surface area contributed by atoms with Crippen molar-refractivity contribution in [2.75, 3.05) is 0 Å². The number of benzene rings is 1. The maximum atomic E-state index is 10.9. The number of hydrogen-bond donors (Lipinski definition) is 2. The van der Waals surface area contributed by atoms with E-state index in [1.54, 1.807) is 4.57 Å². The monoisotopic (exact) mass is 285 g/mol. The summed E-state index contributed by atoms with van der Waals surface area (Å²) in [6, 6.07) is 5.68. The van der Waals surface area contributed by atoms with Crippen LogP contribution in [0.25, 0.3) is 11.0 Å². The first-order chi connectivity index (χ1) is 7.08. The number of halogens is 1. The Morgan fingerprint density at radius 1 is 1.60 bits per heavy atom. The Morgan fingerprint density at radius 2 is 2.33 bits per heavy atom. The van der Waals surface area contributed by atoms with Gasteiger partial charge >= 0.3 is 0 Å². The van der Waals surface area contributed by atoms with Crippen LogP contribution in [0.5, 0.6) is 0 Å². The van der Waals surface area contributed by atoms with E-state index in [0.717, 1.165) is 15.5 Å². The zero-order chi connectivity index (χ0) is 11.0. The zero-order valence-electron chi connectivity index (χ0n) is 7.66. The Kier molecular flexibility index (Phi) is 2.62. The molecule has 4 nitrogen and oxygen atoms in total. The number of carbonyl (C=O) groups excluding carboxylic acids is 1. The predicted octanol–water partition coefficient (Wildman–Crippen LogP) is 1.95. The third-order valence-electron chi connectivity index (χ3n) is 2.05. The summed E-state index contributed by atoms with van der Waals surface area (Å²) in [4.78, 5) is 13.9. The van der Waals surface area contributed by atoms with Gasteiger partial charge in [-0.3, -0.25) is 4.79 Å². The molecule has 2 aromatic rings. The Hall–Kier alpha value is -1.14. The number of imidazole rings is 1. The molecule has 0 aliphatic rings. The normalized spacial score (nSPS) is 10.7. The predicted molar refractivity (Wildman–Crippen MR) is 64.0 cm³/mol. The van der Waals surface area contributed by atoms with Crippen molar-refractivity contribution in [3.05, 3.63) is 27.4 Å².